The molecule has 1 aromatic carbocycles. The molecule has 0 unspecified atom stereocenters. The number of hydrogen-bond donors (Lipinski definition) is 1. The number of aliphatic hydroxyl groups is 1. The van der Waals surface area contributed by atoms with Crippen LogP contribution in [-0.2, 0) is 0 Å². The highest BCUT2D eigenvalue weighted by molar-refractivity contribution is 5.75. The van der Waals surface area contributed by atoms with Crippen molar-refractivity contribution in [1.82, 2.24) is 0 Å². The lowest BCUT2D eigenvalue weighted by molar-refractivity contribution is 0.399. The van der Waals surface area contributed by atoms with E-state index in [2.05, 4.69) is 0 Å². The van der Waals surface area contributed by atoms with Crippen LogP contribution in [0.25, 0.3) is 11.0 Å². The lowest BCUT2D eigenvalue weighted by Crippen LogP contribution is -1.96. The summed E-state index contributed by atoms with van der Waals surface area (Å²) in [5.74, 6) is 0. The van der Waals surface area contributed by atoms with Crippen LogP contribution in [0, 0.1) is 0 Å². The zero-order chi connectivity index (χ0) is 9.68. The number of benzene rings is 1. The van der Waals surface area contributed by atoms with Gasteiger partial charge in [-0.25, -0.2) is 0 Å². The Balaban J connectivity index is 0.000000396. The third-order valence-corrected chi connectivity index (χ3v) is 1.57. The smallest absolute Gasteiger partial charge is 0.192 e. The van der Waals surface area contributed by atoms with E-state index in [0.717, 1.165) is 7.11 Å². The fourth-order valence-electron chi connectivity index (χ4n) is 1.03. The predicted octanol–water partition coefficient (Wildman–Crippen LogP) is 1.40. The lowest BCUT2D eigenvalue weighted by atomic mass is 10.2. The van der Waals surface area contributed by atoms with Gasteiger partial charge >= 0.3 is 0 Å². The molecule has 0 bridgehead atoms. The van der Waals surface area contributed by atoms with E-state index in [1.54, 1.807) is 12.1 Å². The van der Waals surface area contributed by atoms with Crippen LogP contribution in [0.3, 0.4) is 0 Å². The summed E-state index contributed by atoms with van der Waals surface area (Å²) in [4.78, 5) is 11.1. The fourth-order valence-corrected chi connectivity index (χ4v) is 1.03. The first-order chi connectivity index (χ1) is 6.38. The molecule has 0 saturated heterocycles. The van der Waals surface area contributed by atoms with Gasteiger partial charge in [-0.3, -0.25) is 4.79 Å². The summed E-state index contributed by atoms with van der Waals surface area (Å²) in [5.41, 5.74) is 0.645. The first kappa shape index (κ1) is 9.48. The molecule has 0 saturated carbocycles. The molecule has 2 aromatic rings. The molecule has 13 heavy (non-hydrogen) atoms. The molecule has 3 nitrogen and oxygen atoms in total. The van der Waals surface area contributed by atoms with Crippen LogP contribution >= 0.6 is 0 Å². The number of fused-ring (bicyclic) bond motifs is 1. The topological polar surface area (TPSA) is 50.4 Å². The average Bonchev–Trinajstić information content (AvgIpc) is 2.22. The second-order valence-corrected chi connectivity index (χ2v) is 2.28. The predicted molar refractivity (Wildman–Crippen MR) is 50.6 cm³/mol. The van der Waals surface area contributed by atoms with Crippen molar-refractivity contribution >= 4 is 11.0 Å². The summed E-state index contributed by atoms with van der Waals surface area (Å²) in [5, 5.41) is 7.63. The molecule has 0 aliphatic carbocycles. The molecule has 1 heterocycles. The van der Waals surface area contributed by atoms with Gasteiger partial charge in [-0.2, -0.15) is 0 Å². The Kier molecular flexibility index (Phi) is 3.23. The third-order valence-electron chi connectivity index (χ3n) is 1.57. The summed E-state index contributed by atoms with van der Waals surface area (Å²) in [6, 6.07) is 8.60. The van der Waals surface area contributed by atoms with E-state index in [1.165, 1.54) is 12.3 Å². The van der Waals surface area contributed by atoms with Crippen LogP contribution in [0.5, 0.6) is 0 Å². The third kappa shape index (κ3) is 1.95. The SMILES string of the molecule is CO.O=c1ccoc2ccccc12. The zero-order valence-corrected chi connectivity index (χ0v) is 7.23. The molecule has 3 heteroatoms. The zero-order valence-electron chi connectivity index (χ0n) is 7.23. The van der Waals surface area contributed by atoms with Gasteiger partial charge in [-0.05, 0) is 12.1 Å². The minimum atomic E-state index is 0.00634. The summed E-state index contributed by atoms with van der Waals surface area (Å²) >= 11 is 0. The molecule has 0 fully saturated rings. The minimum Gasteiger partial charge on any atom is -0.464 e. The van der Waals surface area contributed by atoms with Gasteiger partial charge in [0.2, 0.25) is 0 Å². The molecule has 0 aliphatic heterocycles. The molecule has 2 rings (SSSR count). The number of rotatable bonds is 0. The van der Waals surface area contributed by atoms with E-state index in [4.69, 9.17) is 9.52 Å². The maximum absolute atomic E-state index is 11.1. The van der Waals surface area contributed by atoms with Crippen molar-refractivity contribution in [3.05, 3.63) is 46.8 Å². The Morgan fingerprint density at radius 3 is 2.54 bits per heavy atom. The molecular weight excluding hydrogens is 168 g/mol. The number of hydrogen-bond acceptors (Lipinski definition) is 3. The Morgan fingerprint density at radius 2 is 1.85 bits per heavy atom. The number of aliphatic hydroxyl groups excluding tert-OH is 1. The first-order valence-electron chi connectivity index (χ1n) is 3.79. The van der Waals surface area contributed by atoms with Crippen LogP contribution in [0.2, 0.25) is 0 Å². The normalized spacial score (nSPS) is 9.08. The molecule has 1 N–H and O–H groups in total. The Morgan fingerprint density at radius 1 is 1.15 bits per heavy atom. The standard InChI is InChI=1S/C9H6O2.CH4O/c10-8-5-6-11-9-4-2-1-3-7(8)9;1-2/h1-6H;2H,1H3. The maximum atomic E-state index is 11.1. The molecule has 0 radical (unpaired) electrons. The molecular formula is C10H10O3. The van der Waals surface area contributed by atoms with Crippen molar-refractivity contribution in [3.63, 3.8) is 0 Å². The summed E-state index contributed by atoms with van der Waals surface area (Å²) < 4.78 is 5.09. The van der Waals surface area contributed by atoms with E-state index in [-0.39, 0.29) is 5.43 Å². The minimum absolute atomic E-state index is 0.00634. The Hall–Kier alpha value is -1.61. The maximum Gasteiger partial charge on any atom is 0.192 e. The molecule has 0 aliphatic rings. The second kappa shape index (κ2) is 4.42. The molecule has 0 atom stereocenters. The average molecular weight is 178 g/mol. The van der Waals surface area contributed by atoms with E-state index >= 15 is 0 Å². The van der Waals surface area contributed by atoms with Gasteiger partial charge in [0, 0.05) is 13.2 Å². The van der Waals surface area contributed by atoms with Crippen molar-refractivity contribution in [3.8, 4) is 0 Å². The first-order valence-corrected chi connectivity index (χ1v) is 3.79. The van der Waals surface area contributed by atoms with Crippen LogP contribution in [0.1, 0.15) is 0 Å². The van der Waals surface area contributed by atoms with Gasteiger partial charge < -0.3 is 9.52 Å². The van der Waals surface area contributed by atoms with Crippen molar-refractivity contribution in [2.24, 2.45) is 0 Å². The van der Waals surface area contributed by atoms with E-state index in [0.29, 0.717) is 11.0 Å². The fraction of sp³-hybridized carbons (Fsp3) is 0.100. The van der Waals surface area contributed by atoms with Gasteiger partial charge in [-0.1, -0.05) is 12.1 Å². The van der Waals surface area contributed by atoms with Crippen molar-refractivity contribution in [2.75, 3.05) is 7.11 Å². The highest BCUT2D eigenvalue weighted by Gasteiger charge is 1.95. The molecule has 0 amide bonds. The van der Waals surface area contributed by atoms with Gasteiger partial charge in [-0.15, -0.1) is 0 Å². The summed E-state index contributed by atoms with van der Waals surface area (Å²) in [6.07, 6.45) is 1.41. The Labute approximate surface area is 75.2 Å². The monoisotopic (exact) mass is 178 g/mol. The van der Waals surface area contributed by atoms with E-state index in [9.17, 15) is 4.79 Å². The second-order valence-electron chi connectivity index (χ2n) is 2.28. The van der Waals surface area contributed by atoms with Crippen LogP contribution < -0.4 is 5.43 Å². The lowest BCUT2D eigenvalue weighted by Gasteiger charge is -1.91. The highest BCUT2D eigenvalue weighted by Crippen LogP contribution is 2.06. The van der Waals surface area contributed by atoms with Gasteiger partial charge in [0.25, 0.3) is 0 Å². The van der Waals surface area contributed by atoms with Crippen molar-refractivity contribution in [2.45, 2.75) is 0 Å². The summed E-state index contributed by atoms with van der Waals surface area (Å²) in [6.45, 7) is 0. The largest absolute Gasteiger partial charge is 0.464 e. The van der Waals surface area contributed by atoms with Crippen molar-refractivity contribution < 1.29 is 9.52 Å². The summed E-state index contributed by atoms with van der Waals surface area (Å²) in [7, 11) is 1.00. The van der Waals surface area contributed by atoms with E-state index < -0.39 is 0 Å². The van der Waals surface area contributed by atoms with Gasteiger partial charge in [0.1, 0.15) is 5.58 Å². The van der Waals surface area contributed by atoms with Crippen LogP contribution in [0.4, 0.5) is 0 Å². The van der Waals surface area contributed by atoms with Crippen molar-refractivity contribution in [1.29, 1.82) is 0 Å². The van der Waals surface area contributed by atoms with Gasteiger partial charge in [0.15, 0.2) is 5.43 Å². The van der Waals surface area contributed by atoms with Crippen LogP contribution in [-0.4, -0.2) is 12.2 Å². The van der Waals surface area contributed by atoms with E-state index in [1.807, 2.05) is 12.1 Å². The highest BCUT2D eigenvalue weighted by atomic mass is 16.3. The van der Waals surface area contributed by atoms with Gasteiger partial charge in [0.05, 0.1) is 11.6 Å². The number of para-hydroxylation sites is 1. The van der Waals surface area contributed by atoms with Crippen LogP contribution in [0.15, 0.2) is 45.8 Å². The molecule has 68 valence electrons. The molecule has 0 spiro atoms. The Bertz CT molecular complexity index is 426. The molecule has 1 aromatic heterocycles. The quantitative estimate of drug-likeness (QED) is 0.663.